The van der Waals surface area contributed by atoms with Gasteiger partial charge in [0.05, 0.1) is 6.54 Å². The fourth-order valence-electron chi connectivity index (χ4n) is 3.25. The Morgan fingerprint density at radius 3 is 2.47 bits per heavy atom. The van der Waals surface area contributed by atoms with Gasteiger partial charge in [-0.25, -0.2) is 4.79 Å². The van der Waals surface area contributed by atoms with Crippen molar-refractivity contribution >= 4 is 17.4 Å². The number of anilines is 2. The van der Waals surface area contributed by atoms with Gasteiger partial charge in [-0.15, -0.1) is 0 Å². The van der Waals surface area contributed by atoms with Crippen LogP contribution in [0.3, 0.4) is 0 Å². The molecular weight excluding hydrogens is 382 g/mol. The third kappa shape index (κ3) is 5.82. The van der Waals surface area contributed by atoms with E-state index in [4.69, 9.17) is 5.73 Å². The molecule has 0 unspecified atom stereocenters. The molecule has 8 nitrogen and oxygen atoms in total. The Hall–Kier alpha value is -2.87. The molecule has 0 saturated heterocycles. The molecule has 4 N–H and O–H groups in total. The first kappa shape index (κ1) is 23.4. The minimum absolute atomic E-state index is 0.0303. The van der Waals surface area contributed by atoms with Crippen LogP contribution in [-0.2, 0) is 11.3 Å². The molecule has 1 atom stereocenters. The molecule has 1 amide bonds. The number of hydrogen-bond donors (Lipinski definition) is 3. The van der Waals surface area contributed by atoms with Crippen LogP contribution in [-0.4, -0.2) is 28.5 Å². The highest BCUT2D eigenvalue weighted by molar-refractivity contribution is 5.96. The normalized spacial score (nSPS) is 12.0. The van der Waals surface area contributed by atoms with E-state index >= 15 is 0 Å². The van der Waals surface area contributed by atoms with Gasteiger partial charge in [-0.05, 0) is 25.3 Å². The fraction of sp³-hybridized carbons (Fsp3) is 0.500. The third-order valence-corrected chi connectivity index (χ3v) is 5.11. The molecule has 2 rings (SSSR count). The van der Waals surface area contributed by atoms with E-state index in [0.717, 1.165) is 24.8 Å². The second-order valence-corrected chi connectivity index (χ2v) is 7.41. The zero-order valence-corrected chi connectivity index (χ0v) is 18.1. The van der Waals surface area contributed by atoms with Crippen LogP contribution < -0.4 is 27.2 Å². The number of aromatic nitrogens is 2. The van der Waals surface area contributed by atoms with Gasteiger partial charge in [0.25, 0.3) is 5.56 Å². The molecule has 0 aliphatic rings. The summed E-state index contributed by atoms with van der Waals surface area (Å²) in [7, 11) is 0. The molecule has 0 aliphatic heterocycles. The smallest absolute Gasteiger partial charge is 0.330 e. The van der Waals surface area contributed by atoms with Gasteiger partial charge >= 0.3 is 5.69 Å². The maximum Gasteiger partial charge on any atom is 0.330 e. The van der Waals surface area contributed by atoms with Gasteiger partial charge in [-0.1, -0.05) is 57.0 Å². The maximum atomic E-state index is 13.1. The molecule has 2 aromatic rings. The van der Waals surface area contributed by atoms with Crippen LogP contribution in [0.1, 0.15) is 58.1 Å². The summed E-state index contributed by atoms with van der Waals surface area (Å²) in [6.45, 7) is 6.79. The van der Waals surface area contributed by atoms with E-state index in [9.17, 15) is 14.4 Å². The zero-order chi connectivity index (χ0) is 22.1. The van der Waals surface area contributed by atoms with Crippen molar-refractivity contribution in [1.82, 2.24) is 14.9 Å². The van der Waals surface area contributed by atoms with E-state index in [0.29, 0.717) is 19.5 Å². The van der Waals surface area contributed by atoms with Gasteiger partial charge in [0.1, 0.15) is 5.82 Å². The largest absolute Gasteiger partial charge is 0.383 e. The number of nitrogen functional groups attached to an aromatic ring is 1. The molecule has 0 saturated carbocycles. The molecule has 1 aromatic carbocycles. The molecule has 30 heavy (non-hydrogen) atoms. The van der Waals surface area contributed by atoms with Gasteiger partial charge in [0.15, 0.2) is 5.69 Å². The van der Waals surface area contributed by atoms with Crippen LogP contribution in [0.5, 0.6) is 0 Å². The summed E-state index contributed by atoms with van der Waals surface area (Å²) in [6, 6.07) is 9.78. The summed E-state index contributed by atoms with van der Waals surface area (Å²) in [5.74, 6) is -0.220. The number of amides is 1. The van der Waals surface area contributed by atoms with Crippen molar-refractivity contribution in [3.63, 3.8) is 0 Å². The topological polar surface area (TPSA) is 113 Å². The second kappa shape index (κ2) is 11.3. The number of H-pyrrole nitrogens is 1. The average molecular weight is 416 g/mol. The summed E-state index contributed by atoms with van der Waals surface area (Å²) in [4.78, 5) is 41.6. The number of benzene rings is 1. The Kier molecular flexibility index (Phi) is 8.86. The number of nitrogens with one attached hydrogen (secondary N) is 2. The number of rotatable bonds is 11. The van der Waals surface area contributed by atoms with Crippen molar-refractivity contribution in [3.8, 4) is 0 Å². The van der Waals surface area contributed by atoms with Crippen molar-refractivity contribution in [2.75, 3.05) is 23.7 Å². The highest BCUT2D eigenvalue weighted by Gasteiger charge is 2.24. The number of nitrogens with two attached hydrogens (primary N) is 1. The van der Waals surface area contributed by atoms with Crippen LogP contribution >= 0.6 is 0 Å². The van der Waals surface area contributed by atoms with E-state index in [1.54, 1.807) is 0 Å². The van der Waals surface area contributed by atoms with Crippen molar-refractivity contribution < 1.29 is 4.79 Å². The SMILES string of the molecule is CCCCN(C(=O)CN[C@@H](C)c1ccccc1)c1c(N)n(CCCC)c(=O)[nH]c1=O. The lowest BCUT2D eigenvalue weighted by Gasteiger charge is -2.25. The number of nitrogens with zero attached hydrogens (tertiary/aromatic N) is 2. The molecule has 1 heterocycles. The van der Waals surface area contributed by atoms with Gasteiger partial charge in [0, 0.05) is 19.1 Å². The summed E-state index contributed by atoms with van der Waals surface area (Å²) in [6.07, 6.45) is 3.19. The molecule has 0 bridgehead atoms. The predicted molar refractivity (Wildman–Crippen MR) is 121 cm³/mol. The first-order valence-corrected chi connectivity index (χ1v) is 10.6. The van der Waals surface area contributed by atoms with Crippen molar-refractivity contribution in [2.45, 2.75) is 59.0 Å². The van der Waals surface area contributed by atoms with Gasteiger partial charge < -0.3 is 16.0 Å². The monoisotopic (exact) mass is 415 g/mol. The molecule has 0 aliphatic carbocycles. The molecule has 8 heteroatoms. The van der Waals surface area contributed by atoms with Crippen LogP contribution in [0, 0.1) is 0 Å². The van der Waals surface area contributed by atoms with E-state index in [2.05, 4.69) is 10.3 Å². The minimum Gasteiger partial charge on any atom is -0.383 e. The lowest BCUT2D eigenvalue weighted by Crippen LogP contribution is -2.45. The van der Waals surface area contributed by atoms with Crippen molar-refractivity contribution in [3.05, 3.63) is 56.7 Å². The van der Waals surface area contributed by atoms with Crippen LogP contribution in [0.15, 0.2) is 39.9 Å². The third-order valence-electron chi connectivity index (χ3n) is 5.11. The molecule has 164 valence electrons. The van der Waals surface area contributed by atoms with Gasteiger partial charge in [0.2, 0.25) is 5.91 Å². The summed E-state index contributed by atoms with van der Waals surface area (Å²) < 4.78 is 1.34. The number of carbonyl (C=O) groups excluding carboxylic acids is 1. The Balaban J connectivity index is 2.29. The lowest BCUT2D eigenvalue weighted by molar-refractivity contribution is -0.118. The van der Waals surface area contributed by atoms with Gasteiger partial charge in [-0.2, -0.15) is 0 Å². The standard InChI is InChI=1S/C22H33N5O3/c1-4-6-13-26(18(28)15-24-16(3)17-11-9-8-10-12-17)19-20(23)27(14-7-5-2)22(30)25-21(19)29/h8-12,16,24H,4-7,13-15,23H2,1-3H3,(H,25,29,30)/t16-/m0/s1. The summed E-state index contributed by atoms with van der Waals surface area (Å²) in [5.41, 5.74) is 6.15. The second-order valence-electron chi connectivity index (χ2n) is 7.41. The molecule has 1 aromatic heterocycles. The van der Waals surface area contributed by atoms with Crippen LogP contribution in [0.2, 0.25) is 0 Å². The average Bonchev–Trinajstić information content (AvgIpc) is 2.74. The van der Waals surface area contributed by atoms with E-state index in [1.807, 2.05) is 51.1 Å². The predicted octanol–water partition coefficient (Wildman–Crippen LogP) is 2.40. The summed E-state index contributed by atoms with van der Waals surface area (Å²) in [5, 5.41) is 3.21. The van der Waals surface area contributed by atoms with Crippen LogP contribution in [0.25, 0.3) is 0 Å². The van der Waals surface area contributed by atoms with E-state index < -0.39 is 11.2 Å². The molecule has 0 radical (unpaired) electrons. The minimum atomic E-state index is -0.634. The first-order chi connectivity index (χ1) is 14.4. The Morgan fingerprint density at radius 1 is 1.17 bits per heavy atom. The lowest BCUT2D eigenvalue weighted by atomic mass is 10.1. The molecule has 0 spiro atoms. The van der Waals surface area contributed by atoms with E-state index in [-0.39, 0.29) is 30.0 Å². The van der Waals surface area contributed by atoms with E-state index in [1.165, 1.54) is 9.47 Å². The first-order valence-electron chi connectivity index (χ1n) is 10.6. The Labute approximate surface area is 177 Å². The number of hydrogen-bond acceptors (Lipinski definition) is 5. The molecule has 0 fully saturated rings. The number of aromatic amines is 1. The van der Waals surface area contributed by atoms with Gasteiger partial charge in [-0.3, -0.25) is 19.1 Å². The number of carbonyl (C=O) groups is 1. The Morgan fingerprint density at radius 2 is 1.83 bits per heavy atom. The fourth-order valence-corrected chi connectivity index (χ4v) is 3.25. The van der Waals surface area contributed by atoms with Crippen LogP contribution in [0.4, 0.5) is 11.5 Å². The zero-order valence-electron chi connectivity index (χ0n) is 18.1. The Bertz CT molecular complexity index is 936. The highest BCUT2D eigenvalue weighted by Crippen LogP contribution is 2.18. The van der Waals surface area contributed by atoms with Crippen molar-refractivity contribution in [2.24, 2.45) is 0 Å². The quantitative estimate of drug-likeness (QED) is 0.522. The maximum absolute atomic E-state index is 13.1. The van der Waals surface area contributed by atoms with Crippen molar-refractivity contribution in [1.29, 1.82) is 0 Å². The number of unbranched alkanes of at least 4 members (excludes halogenated alkanes) is 2. The highest BCUT2D eigenvalue weighted by atomic mass is 16.2. The molecular formula is C22H33N5O3. The summed E-state index contributed by atoms with van der Waals surface area (Å²) >= 11 is 0.